The van der Waals surface area contributed by atoms with Gasteiger partial charge in [-0.25, -0.2) is 4.98 Å². The minimum atomic E-state index is -0.0909. The molecule has 5 nitrogen and oxygen atoms in total. The van der Waals surface area contributed by atoms with Crippen molar-refractivity contribution in [3.8, 4) is 0 Å². The molecule has 1 saturated heterocycles. The van der Waals surface area contributed by atoms with Crippen LogP contribution in [-0.4, -0.2) is 29.5 Å². The lowest BCUT2D eigenvalue weighted by molar-refractivity contribution is 0.0923. The first kappa shape index (κ1) is 11.9. The third-order valence-corrected chi connectivity index (χ3v) is 4.53. The van der Waals surface area contributed by atoms with Crippen molar-refractivity contribution >= 4 is 16.9 Å². The minimum Gasteiger partial charge on any atom is -0.462 e. The molecule has 3 unspecified atom stereocenters. The van der Waals surface area contributed by atoms with Crippen molar-refractivity contribution in [2.45, 2.75) is 31.8 Å². The molecule has 104 valence electrons. The number of fused-ring (bicyclic) bond motifs is 3. The van der Waals surface area contributed by atoms with Crippen LogP contribution >= 0.6 is 0 Å². The third-order valence-electron chi connectivity index (χ3n) is 4.53. The van der Waals surface area contributed by atoms with E-state index in [0.717, 1.165) is 35.4 Å². The van der Waals surface area contributed by atoms with Crippen LogP contribution in [0, 0.1) is 12.8 Å². The van der Waals surface area contributed by atoms with Crippen LogP contribution in [0.3, 0.4) is 0 Å². The van der Waals surface area contributed by atoms with Gasteiger partial charge in [-0.1, -0.05) is 0 Å². The van der Waals surface area contributed by atoms with Crippen LogP contribution in [-0.2, 0) is 0 Å². The lowest BCUT2D eigenvalue weighted by atomic mass is 10.1. The SMILES string of the molecule is Cc1coc2cnc(C(=O)NC3CC4CNC3C4)cc12. The van der Waals surface area contributed by atoms with Gasteiger partial charge in [-0.3, -0.25) is 4.79 Å². The molecule has 0 aromatic carbocycles. The number of rotatable bonds is 2. The first-order valence-corrected chi connectivity index (χ1v) is 7.09. The normalized spacial score (nSPS) is 28.1. The molecule has 20 heavy (non-hydrogen) atoms. The Labute approximate surface area is 116 Å². The number of carbonyl (C=O) groups is 1. The molecule has 5 heteroatoms. The summed E-state index contributed by atoms with van der Waals surface area (Å²) in [4.78, 5) is 16.5. The van der Waals surface area contributed by atoms with Crippen LogP contribution in [0.4, 0.5) is 0 Å². The Hall–Kier alpha value is -1.88. The van der Waals surface area contributed by atoms with Crippen LogP contribution in [0.1, 0.15) is 28.9 Å². The summed E-state index contributed by atoms with van der Waals surface area (Å²) in [5.74, 6) is 0.628. The van der Waals surface area contributed by atoms with E-state index in [1.165, 1.54) is 6.42 Å². The van der Waals surface area contributed by atoms with Crippen molar-refractivity contribution in [3.05, 3.63) is 29.8 Å². The molecule has 2 aromatic heterocycles. The number of nitrogens with one attached hydrogen (secondary N) is 2. The molecule has 3 heterocycles. The summed E-state index contributed by atoms with van der Waals surface area (Å²) >= 11 is 0. The highest BCUT2D eigenvalue weighted by molar-refractivity contribution is 5.96. The number of aromatic nitrogens is 1. The molecule has 2 bridgehead atoms. The highest BCUT2D eigenvalue weighted by Crippen LogP contribution is 2.31. The summed E-state index contributed by atoms with van der Waals surface area (Å²) in [6.45, 7) is 3.06. The average molecular weight is 271 g/mol. The molecule has 2 aliphatic rings. The Bertz CT molecular complexity index is 679. The average Bonchev–Trinajstić information content (AvgIpc) is 3.15. The van der Waals surface area contributed by atoms with Gasteiger partial charge in [-0.2, -0.15) is 0 Å². The van der Waals surface area contributed by atoms with Crippen LogP contribution < -0.4 is 10.6 Å². The van der Waals surface area contributed by atoms with Crippen molar-refractivity contribution in [2.24, 2.45) is 5.92 Å². The maximum absolute atomic E-state index is 12.3. The van der Waals surface area contributed by atoms with Gasteiger partial charge >= 0.3 is 0 Å². The van der Waals surface area contributed by atoms with Gasteiger partial charge in [0.1, 0.15) is 5.69 Å². The number of furan rings is 1. The molecule has 1 aliphatic heterocycles. The van der Waals surface area contributed by atoms with Crippen molar-refractivity contribution < 1.29 is 9.21 Å². The number of hydrogen-bond donors (Lipinski definition) is 2. The maximum atomic E-state index is 12.3. The Morgan fingerprint density at radius 3 is 3.15 bits per heavy atom. The zero-order valence-electron chi connectivity index (χ0n) is 11.3. The third kappa shape index (κ3) is 1.81. The first-order valence-electron chi connectivity index (χ1n) is 7.09. The molecule has 1 saturated carbocycles. The van der Waals surface area contributed by atoms with Crippen molar-refractivity contribution in [2.75, 3.05) is 6.54 Å². The predicted octanol–water partition coefficient (Wildman–Crippen LogP) is 1.62. The van der Waals surface area contributed by atoms with E-state index in [4.69, 9.17) is 4.42 Å². The molecule has 0 radical (unpaired) electrons. The number of carbonyl (C=O) groups excluding carboxylic acids is 1. The second-order valence-corrected chi connectivity index (χ2v) is 5.92. The second kappa shape index (κ2) is 4.31. The zero-order valence-corrected chi connectivity index (χ0v) is 11.3. The van der Waals surface area contributed by atoms with Gasteiger partial charge in [-0.05, 0) is 43.9 Å². The van der Waals surface area contributed by atoms with Gasteiger partial charge in [0.25, 0.3) is 5.91 Å². The molecule has 1 aliphatic carbocycles. The molecule has 1 amide bonds. The van der Waals surface area contributed by atoms with E-state index in [0.29, 0.717) is 11.7 Å². The molecule has 2 aromatic rings. The minimum absolute atomic E-state index is 0.0909. The molecular formula is C15H17N3O2. The van der Waals surface area contributed by atoms with Gasteiger partial charge in [0, 0.05) is 17.5 Å². The van der Waals surface area contributed by atoms with Crippen molar-refractivity contribution in [1.82, 2.24) is 15.6 Å². The van der Waals surface area contributed by atoms with Crippen molar-refractivity contribution in [3.63, 3.8) is 0 Å². The summed E-state index contributed by atoms with van der Waals surface area (Å²) in [7, 11) is 0. The van der Waals surface area contributed by atoms with Crippen LogP contribution in [0.15, 0.2) is 22.9 Å². The van der Waals surface area contributed by atoms with E-state index in [2.05, 4.69) is 15.6 Å². The largest absolute Gasteiger partial charge is 0.462 e. The van der Waals surface area contributed by atoms with Gasteiger partial charge in [0.05, 0.1) is 12.5 Å². The fraction of sp³-hybridized carbons (Fsp3) is 0.467. The lowest BCUT2D eigenvalue weighted by Gasteiger charge is -2.23. The summed E-state index contributed by atoms with van der Waals surface area (Å²) < 4.78 is 5.35. The number of aryl methyl sites for hydroxylation is 1. The summed E-state index contributed by atoms with van der Waals surface area (Å²) in [6.07, 6.45) is 5.57. The molecule has 0 spiro atoms. The fourth-order valence-electron chi connectivity index (χ4n) is 3.44. The van der Waals surface area contributed by atoms with E-state index in [1.54, 1.807) is 12.5 Å². The Morgan fingerprint density at radius 2 is 2.40 bits per heavy atom. The Kier molecular flexibility index (Phi) is 2.57. The molecular weight excluding hydrogens is 254 g/mol. The summed E-state index contributed by atoms with van der Waals surface area (Å²) in [5, 5.41) is 7.51. The Balaban J connectivity index is 1.56. The van der Waals surface area contributed by atoms with Crippen LogP contribution in [0.25, 0.3) is 11.0 Å². The van der Waals surface area contributed by atoms with Crippen LogP contribution in [0.5, 0.6) is 0 Å². The monoisotopic (exact) mass is 271 g/mol. The number of nitrogens with zero attached hydrogens (tertiary/aromatic N) is 1. The van der Waals surface area contributed by atoms with Gasteiger partial charge in [-0.15, -0.1) is 0 Å². The van der Waals surface area contributed by atoms with E-state index >= 15 is 0 Å². The van der Waals surface area contributed by atoms with Crippen LogP contribution in [0.2, 0.25) is 0 Å². The lowest BCUT2D eigenvalue weighted by Crippen LogP contribution is -2.48. The van der Waals surface area contributed by atoms with E-state index in [-0.39, 0.29) is 11.9 Å². The smallest absolute Gasteiger partial charge is 0.270 e. The quantitative estimate of drug-likeness (QED) is 0.871. The number of piperidine rings is 1. The highest BCUT2D eigenvalue weighted by atomic mass is 16.3. The predicted molar refractivity (Wildman–Crippen MR) is 74.5 cm³/mol. The highest BCUT2D eigenvalue weighted by Gasteiger charge is 2.40. The second-order valence-electron chi connectivity index (χ2n) is 5.92. The summed E-state index contributed by atoms with van der Waals surface area (Å²) in [6, 6.07) is 2.48. The van der Waals surface area contributed by atoms with Gasteiger partial charge in [0.15, 0.2) is 5.58 Å². The molecule has 4 rings (SSSR count). The molecule has 2 N–H and O–H groups in total. The standard InChI is InChI=1S/C15H17N3O2/c1-8-7-20-14-6-17-13(4-10(8)14)15(19)18-12-3-9-2-11(12)16-5-9/h4,6-7,9,11-12,16H,2-3,5H2,1H3,(H,18,19). The number of pyridine rings is 1. The van der Waals surface area contributed by atoms with Gasteiger partial charge in [0.2, 0.25) is 0 Å². The maximum Gasteiger partial charge on any atom is 0.270 e. The topological polar surface area (TPSA) is 67.2 Å². The van der Waals surface area contributed by atoms with E-state index in [1.807, 2.05) is 13.0 Å². The number of amides is 1. The Morgan fingerprint density at radius 1 is 1.50 bits per heavy atom. The first-order chi connectivity index (χ1) is 9.70. The number of hydrogen-bond acceptors (Lipinski definition) is 4. The van der Waals surface area contributed by atoms with Crippen molar-refractivity contribution in [1.29, 1.82) is 0 Å². The van der Waals surface area contributed by atoms with Gasteiger partial charge < -0.3 is 15.1 Å². The molecule has 3 atom stereocenters. The van der Waals surface area contributed by atoms with E-state index < -0.39 is 0 Å². The zero-order chi connectivity index (χ0) is 13.7. The van der Waals surface area contributed by atoms with E-state index in [9.17, 15) is 4.79 Å². The fourth-order valence-corrected chi connectivity index (χ4v) is 3.44. The summed E-state index contributed by atoms with van der Waals surface area (Å²) in [5.41, 5.74) is 2.21. The molecule has 2 fully saturated rings.